The normalized spacial score (nSPS) is 14.6. The van der Waals surface area contributed by atoms with E-state index in [2.05, 4.69) is 40.0 Å². The van der Waals surface area contributed by atoms with Crippen LogP contribution in [0.3, 0.4) is 0 Å². The first-order valence-electron chi connectivity index (χ1n) is 8.35. The smallest absolute Gasteiger partial charge is 0.320 e. The summed E-state index contributed by atoms with van der Waals surface area (Å²) in [5.41, 5.74) is 2.90. The third kappa shape index (κ3) is 3.88. The van der Waals surface area contributed by atoms with Gasteiger partial charge in [-0.1, -0.05) is 24.3 Å². The number of nitrogens with zero attached hydrogens (tertiary/aromatic N) is 2. The van der Waals surface area contributed by atoms with Crippen LogP contribution in [-0.4, -0.2) is 29.5 Å². The Morgan fingerprint density at radius 3 is 2.54 bits per heavy atom. The highest BCUT2D eigenvalue weighted by Crippen LogP contribution is 2.24. The second-order valence-electron chi connectivity index (χ2n) is 6.24. The summed E-state index contributed by atoms with van der Waals surface area (Å²) in [4.78, 5) is 12.1. The Morgan fingerprint density at radius 2 is 1.96 bits per heavy atom. The maximum absolute atomic E-state index is 12.1. The summed E-state index contributed by atoms with van der Waals surface area (Å²) in [6, 6.07) is 10.1. The van der Waals surface area contributed by atoms with E-state index in [1.807, 2.05) is 0 Å². The van der Waals surface area contributed by atoms with Gasteiger partial charge >= 0.3 is 6.03 Å². The third-order valence-electron chi connectivity index (χ3n) is 4.60. The number of methoxy groups -OCH3 is 1. The lowest BCUT2D eigenvalue weighted by molar-refractivity contribution is 0.249. The number of rotatable bonds is 4. The molecule has 2 amide bonds. The summed E-state index contributed by atoms with van der Waals surface area (Å²) in [6.07, 6.45) is 4.38. The minimum atomic E-state index is -0.225. The Bertz CT molecular complexity index is 684. The average Bonchev–Trinajstić information content (AvgIpc) is 2.81. The lowest BCUT2D eigenvalue weighted by atomic mass is 10.00. The van der Waals surface area contributed by atoms with Gasteiger partial charge in [-0.25, -0.2) is 9.48 Å². The monoisotopic (exact) mass is 328 g/mol. The Labute approximate surface area is 142 Å². The first kappa shape index (κ1) is 16.4. The molecule has 128 valence electrons. The predicted molar refractivity (Wildman–Crippen MR) is 93.4 cm³/mol. The minimum Gasteiger partial charge on any atom is -0.481 e. The summed E-state index contributed by atoms with van der Waals surface area (Å²) in [6.45, 7) is 0.684. The van der Waals surface area contributed by atoms with Crippen molar-refractivity contribution in [1.82, 2.24) is 15.1 Å². The number of nitrogens with one attached hydrogen (secondary N) is 2. The van der Waals surface area contributed by atoms with Gasteiger partial charge in [-0.3, -0.25) is 5.32 Å². The fraction of sp³-hybridized carbons (Fsp3) is 0.444. The van der Waals surface area contributed by atoms with Crippen LogP contribution in [0.4, 0.5) is 10.6 Å². The largest absolute Gasteiger partial charge is 0.481 e. The number of fused-ring (bicyclic) bond motifs is 1. The molecular weight excluding hydrogens is 304 g/mol. The summed E-state index contributed by atoms with van der Waals surface area (Å²) in [5.74, 6) is 1.59. The van der Waals surface area contributed by atoms with E-state index in [0.29, 0.717) is 24.2 Å². The van der Waals surface area contributed by atoms with Gasteiger partial charge in [-0.05, 0) is 42.7 Å². The van der Waals surface area contributed by atoms with E-state index in [1.54, 1.807) is 24.9 Å². The molecule has 24 heavy (non-hydrogen) atoms. The van der Waals surface area contributed by atoms with Crippen LogP contribution in [0.15, 0.2) is 30.3 Å². The van der Waals surface area contributed by atoms with Gasteiger partial charge in [0.05, 0.1) is 7.11 Å². The molecule has 3 rings (SSSR count). The minimum absolute atomic E-state index is 0.225. The van der Waals surface area contributed by atoms with Crippen LogP contribution in [0.25, 0.3) is 0 Å². The number of ether oxygens (including phenoxy) is 1. The van der Waals surface area contributed by atoms with Crippen LogP contribution in [0, 0.1) is 5.92 Å². The predicted octanol–water partition coefficient (Wildman–Crippen LogP) is 2.75. The van der Waals surface area contributed by atoms with Crippen molar-refractivity contribution in [1.29, 1.82) is 0 Å². The fourth-order valence-electron chi connectivity index (χ4n) is 3.21. The summed E-state index contributed by atoms with van der Waals surface area (Å²) in [7, 11) is 3.34. The molecule has 1 aliphatic carbocycles. The number of aromatic nitrogens is 2. The average molecular weight is 328 g/mol. The van der Waals surface area contributed by atoms with Crippen LogP contribution < -0.4 is 15.4 Å². The summed E-state index contributed by atoms with van der Waals surface area (Å²) < 4.78 is 6.72. The maximum atomic E-state index is 12.1. The molecule has 2 N–H and O–H groups in total. The molecule has 0 spiro atoms. The van der Waals surface area contributed by atoms with Crippen LogP contribution >= 0.6 is 0 Å². The van der Waals surface area contributed by atoms with E-state index >= 15 is 0 Å². The molecule has 1 aliphatic rings. The zero-order valence-electron chi connectivity index (χ0n) is 14.2. The second kappa shape index (κ2) is 7.38. The molecule has 6 nitrogen and oxygen atoms in total. The van der Waals surface area contributed by atoms with Crippen LogP contribution in [0.1, 0.15) is 24.0 Å². The van der Waals surface area contributed by atoms with Crippen molar-refractivity contribution in [2.45, 2.75) is 25.7 Å². The highest BCUT2D eigenvalue weighted by atomic mass is 16.5. The SMILES string of the molecule is COc1cc(NC(=O)NCC2CCc3ccccc3CC2)nn1C. The lowest BCUT2D eigenvalue weighted by Gasteiger charge is -2.14. The van der Waals surface area contributed by atoms with Crippen molar-refractivity contribution in [2.75, 3.05) is 19.0 Å². The lowest BCUT2D eigenvalue weighted by Crippen LogP contribution is -2.33. The molecule has 0 bridgehead atoms. The van der Waals surface area contributed by atoms with Crippen LogP contribution in [0.5, 0.6) is 5.88 Å². The maximum Gasteiger partial charge on any atom is 0.320 e. The fourth-order valence-corrected chi connectivity index (χ4v) is 3.21. The number of anilines is 1. The number of hydrogen-bond donors (Lipinski definition) is 2. The van der Waals surface area contributed by atoms with Gasteiger partial charge < -0.3 is 10.1 Å². The van der Waals surface area contributed by atoms with Gasteiger partial charge in [0.15, 0.2) is 5.82 Å². The molecule has 0 radical (unpaired) electrons. The summed E-state index contributed by atoms with van der Waals surface area (Å²) >= 11 is 0. The number of amides is 2. The first-order valence-corrected chi connectivity index (χ1v) is 8.35. The van der Waals surface area contributed by atoms with Gasteiger partial charge in [-0.2, -0.15) is 5.10 Å². The molecule has 0 aliphatic heterocycles. The standard InChI is InChI=1S/C18H24N4O2/c1-22-17(24-2)11-16(21-22)20-18(23)19-12-13-7-9-14-5-3-4-6-15(14)10-8-13/h3-6,11,13H,7-10,12H2,1-2H3,(H2,19,20,21,23). The number of carbonyl (C=O) groups is 1. The zero-order chi connectivity index (χ0) is 16.9. The first-order chi connectivity index (χ1) is 11.7. The number of hydrogen-bond acceptors (Lipinski definition) is 3. The Balaban J connectivity index is 1.48. The van der Waals surface area contributed by atoms with E-state index in [9.17, 15) is 4.79 Å². The van der Waals surface area contributed by atoms with Gasteiger partial charge in [0, 0.05) is 19.7 Å². The molecule has 0 fully saturated rings. The van der Waals surface area contributed by atoms with Crippen LogP contribution in [-0.2, 0) is 19.9 Å². The van der Waals surface area contributed by atoms with Gasteiger partial charge in [-0.15, -0.1) is 0 Å². The van der Waals surface area contributed by atoms with Crippen molar-refractivity contribution < 1.29 is 9.53 Å². The number of urea groups is 1. The van der Waals surface area contributed by atoms with E-state index in [-0.39, 0.29) is 6.03 Å². The highest BCUT2D eigenvalue weighted by molar-refractivity contribution is 5.88. The van der Waals surface area contributed by atoms with Crippen molar-refractivity contribution in [3.8, 4) is 5.88 Å². The molecule has 0 saturated heterocycles. The van der Waals surface area contributed by atoms with Crippen molar-refractivity contribution in [2.24, 2.45) is 13.0 Å². The van der Waals surface area contributed by atoms with Crippen molar-refractivity contribution in [3.63, 3.8) is 0 Å². The summed E-state index contributed by atoms with van der Waals surface area (Å²) in [5, 5.41) is 9.89. The van der Waals surface area contributed by atoms with E-state index < -0.39 is 0 Å². The van der Waals surface area contributed by atoms with E-state index in [4.69, 9.17) is 4.74 Å². The molecule has 0 unspecified atom stereocenters. The number of aryl methyl sites for hydroxylation is 3. The second-order valence-corrected chi connectivity index (χ2v) is 6.24. The Kier molecular flexibility index (Phi) is 5.03. The Morgan fingerprint density at radius 1 is 1.29 bits per heavy atom. The molecule has 0 saturated carbocycles. The topological polar surface area (TPSA) is 68.2 Å². The van der Waals surface area contributed by atoms with Crippen molar-refractivity contribution >= 4 is 11.8 Å². The highest BCUT2D eigenvalue weighted by Gasteiger charge is 2.17. The molecule has 1 aromatic heterocycles. The molecule has 2 aromatic rings. The molecule has 1 aromatic carbocycles. The van der Waals surface area contributed by atoms with E-state index in [1.165, 1.54) is 11.1 Å². The quantitative estimate of drug-likeness (QED) is 0.848. The van der Waals surface area contributed by atoms with Crippen molar-refractivity contribution in [3.05, 3.63) is 41.5 Å². The molecule has 1 heterocycles. The van der Waals surface area contributed by atoms with Gasteiger partial charge in [0.25, 0.3) is 0 Å². The third-order valence-corrected chi connectivity index (χ3v) is 4.60. The Hall–Kier alpha value is -2.50. The molecular formula is C18H24N4O2. The zero-order valence-corrected chi connectivity index (χ0v) is 14.2. The van der Waals surface area contributed by atoms with E-state index in [0.717, 1.165) is 25.7 Å². The van der Waals surface area contributed by atoms with Gasteiger partial charge in [0.1, 0.15) is 0 Å². The number of carbonyl (C=O) groups excluding carboxylic acids is 1. The molecule has 6 heteroatoms. The number of benzene rings is 1. The van der Waals surface area contributed by atoms with Gasteiger partial charge in [0.2, 0.25) is 5.88 Å². The molecule has 0 atom stereocenters. The van der Waals surface area contributed by atoms with Crippen LogP contribution in [0.2, 0.25) is 0 Å².